The largest absolute Gasteiger partial charge is 0.392 e. The van der Waals surface area contributed by atoms with Crippen molar-refractivity contribution in [3.05, 3.63) is 70.7 Å². The van der Waals surface area contributed by atoms with Crippen LogP contribution in [0.2, 0.25) is 0 Å². The number of nitrogens with zero attached hydrogens (tertiary/aromatic N) is 6. The van der Waals surface area contributed by atoms with Gasteiger partial charge in [0.1, 0.15) is 16.8 Å². The summed E-state index contributed by atoms with van der Waals surface area (Å²) in [6, 6.07) is 9.42. The number of nitro groups is 1. The molecule has 0 radical (unpaired) electrons. The highest BCUT2D eigenvalue weighted by Gasteiger charge is 2.28. The average molecular weight is 444 g/mol. The SMILES string of the molecule is O=[N+]([O-])c1ccc(-n2nc(-c3ccccc3S(=O)(=O)O)n[n+]2-c2cnc[nH]2)c(CO)c1. The molecule has 0 spiro atoms. The number of hydrogen-bond acceptors (Lipinski definition) is 8. The molecule has 0 saturated heterocycles. The molecule has 158 valence electrons. The minimum absolute atomic E-state index is 0.0319. The van der Waals surface area contributed by atoms with E-state index in [0.717, 1.165) is 0 Å². The fourth-order valence-corrected chi connectivity index (χ4v) is 3.63. The van der Waals surface area contributed by atoms with Crippen molar-refractivity contribution in [2.75, 3.05) is 0 Å². The summed E-state index contributed by atoms with van der Waals surface area (Å²) >= 11 is 0. The number of aliphatic hydroxyl groups is 1. The molecule has 0 aliphatic heterocycles. The van der Waals surface area contributed by atoms with Crippen LogP contribution in [0.25, 0.3) is 22.9 Å². The van der Waals surface area contributed by atoms with Crippen molar-refractivity contribution in [1.82, 2.24) is 25.0 Å². The number of hydrogen-bond donors (Lipinski definition) is 3. The Bertz CT molecular complexity index is 1380. The lowest BCUT2D eigenvalue weighted by Crippen LogP contribution is -2.44. The smallest absolute Gasteiger partial charge is 0.295 e. The summed E-state index contributed by atoms with van der Waals surface area (Å²) in [5, 5.41) is 29.5. The van der Waals surface area contributed by atoms with E-state index in [1.807, 2.05) is 0 Å². The number of benzene rings is 2. The standard InChI is InChI=1S/C17H13N7O6S/c25-9-11-7-12(24(26)27)5-6-14(11)22-20-17(21-23(22)16-8-18-10-19-16)13-3-1-2-4-15(13)31(28,29)30/h1-8,10,25H,9H2,(H-,18,19,28,29,30)/p+1. The van der Waals surface area contributed by atoms with E-state index < -0.39 is 26.5 Å². The average Bonchev–Trinajstić information content (AvgIpc) is 3.42. The van der Waals surface area contributed by atoms with Crippen molar-refractivity contribution in [3.8, 4) is 22.9 Å². The Hall–Kier alpha value is -4.01. The summed E-state index contributed by atoms with van der Waals surface area (Å²) < 4.78 is 33.1. The Morgan fingerprint density at radius 3 is 2.65 bits per heavy atom. The molecular weight excluding hydrogens is 430 g/mol. The van der Waals surface area contributed by atoms with Crippen molar-refractivity contribution < 1.29 is 27.8 Å². The van der Waals surface area contributed by atoms with Gasteiger partial charge in [-0.2, -0.15) is 8.42 Å². The van der Waals surface area contributed by atoms with Gasteiger partial charge >= 0.3 is 0 Å². The monoisotopic (exact) mass is 444 g/mol. The molecule has 2 heterocycles. The third-order valence-corrected chi connectivity index (χ3v) is 5.23. The Morgan fingerprint density at radius 2 is 2.00 bits per heavy atom. The lowest BCUT2D eigenvalue weighted by molar-refractivity contribution is -0.737. The van der Waals surface area contributed by atoms with Crippen molar-refractivity contribution in [3.63, 3.8) is 0 Å². The third kappa shape index (κ3) is 3.77. The lowest BCUT2D eigenvalue weighted by atomic mass is 10.1. The highest BCUT2D eigenvalue weighted by molar-refractivity contribution is 7.86. The number of aromatic nitrogens is 6. The first-order valence-electron chi connectivity index (χ1n) is 8.63. The van der Waals surface area contributed by atoms with Gasteiger partial charge in [-0.15, -0.1) is 0 Å². The molecule has 2 aromatic heterocycles. The molecule has 0 unspecified atom stereocenters. The molecule has 31 heavy (non-hydrogen) atoms. The second-order valence-corrected chi connectivity index (χ2v) is 7.63. The molecule has 4 aromatic rings. The number of aromatic amines is 1. The van der Waals surface area contributed by atoms with Gasteiger partial charge in [-0.25, -0.2) is 4.98 Å². The predicted molar refractivity (Wildman–Crippen MR) is 103 cm³/mol. The van der Waals surface area contributed by atoms with Crippen LogP contribution in [0.1, 0.15) is 5.56 Å². The number of nitro benzene ring substituents is 1. The van der Waals surface area contributed by atoms with Crippen LogP contribution < -0.4 is 4.80 Å². The number of H-pyrrole nitrogens is 1. The normalized spacial score (nSPS) is 11.5. The molecule has 0 bridgehead atoms. The summed E-state index contributed by atoms with van der Waals surface area (Å²) in [5.74, 6) is 0.274. The summed E-state index contributed by atoms with van der Waals surface area (Å²) in [6.45, 7) is -0.531. The van der Waals surface area contributed by atoms with E-state index >= 15 is 0 Å². The van der Waals surface area contributed by atoms with Crippen LogP contribution in [-0.2, 0) is 16.7 Å². The molecule has 13 nitrogen and oxygen atoms in total. The first-order valence-corrected chi connectivity index (χ1v) is 10.1. The summed E-state index contributed by atoms with van der Waals surface area (Å²) in [7, 11) is -4.57. The maximum Gasteiger partial charge on any atom is 0.295 e. The van der Waals surface area contributed by atoms with E-state index in [4.69, 9.17) is 0 Å². The predicted octanol–water partition coefficient (Wildman–Crippen LogP) is 0.581. The zero-order chi connectivity index (χ0) is 22.2. The lowest BCUT2D eigenvalue weighted by Gasteiger charge is -2.05. The molecule has 0 amide bonds. The van der Waals surface area contributed by atoms with Crippen molar-refractivity contribution in [1.29, 1.82) is 0 Å². The maximum atomic E-state index is 11.8. The zero-order valence-electron chi connectivity index (χ0n) is 15.5. The zero-order valence-corrected chi connectivity index (χ0v) is 16.3. The number of rotatable bonds is 6. The third-order valence-electron chi connectivity index (χ3n) is 4.32. The second-order valence-electron chi connectivity index (χ2n) is 6.24. The second kappa shape index (κ2) is 7.67. The van der Waals surface area contributed by atoms with E-state index in [2.05, 4.69) is 20.2 Å². The van der Waals surface area contributed by atoms with Crippen molar-refractivity contribution in [2.24, 2.45) is 0 Å². The van der Waals surface area contributed by atoms with Gasteiger partial charge in [-0.05, 0) is 32.9 Å². The van der Waals surface area contributed by atoms with E-state index in [1.165, 1.54) is 58.5 Å². The molecule has 3 N–H and O–H groups in total. The molecule has 14 heteroatoms. The molecule has 0 saturated carbocycles. The Balaban J connectivity index is 1.98. The van der Waals surface area contributed by atoms with Gasteiger partial charge in [0, 0.05) is 22.8 Å². The van der Waals surface area contributed by atoms with E-state index in [0.29, 0.717) is 5.82 Å². The molecule has 0 aliphatic carbocycles. The van der Waals surface area contributed by atoms with Crippen LogP contribution >= 0.6 is 0 Å². The summed E-state index contributed by atoms with van der Waals surface area (Å²) in [4.78, 5) is 19.3. The van der Waals surface area contributed by atoms with E-state index in [9.17, 15) is 28.2 Å². The van der Waals surface area contributed by atoms with Gasteiger partial charge in [-0.3, -0.25) is 19.7 Å². The fourth-order valence-electron chi connectivity index (χ4n) is 2.95. The summed E-state index contributed by atoms with van der Waals surface area (Å²) in [6.07, 6.45) is 2.81. The topological polar surface area (TPSA) is 181 Å². The van der Waals surface area contributed by atoms with Gasteiger partial charge < -0.3 is 5.11 Å². The van der Waals surface area contributed by atoms with Gasteiger partial charge in [-0.1, -0.05) is 12.1 Å². The quantitative estimate of drug-likeness (QED) is 0.166. The number of tetrazole rings is 1. The number of aliphatic hydroxyl groups excluding tert-OH is 1. The van der Waals surface area contributed by atoms with Crippen LogP contribution in [-0.4, -0.2) is 48.0 Å². The van der Waals surface area contributed by atoms with Gasteiger partial charge in [0.05, 0.1) is 17.1 Å². The Morgan fingerprint density at radius 1 is 1.23 bits per heavy atom. The van der Waals surface area contributed by atoms with E-state index in [-0.39, 0.29) is 28.3 Å². The molecule has 4 rings (SSSR count). The Kier molecular flexibility index (Phi) is 5.02. The first kappa shape index (κ1) is 20.3. The Labute approximate surface area is 174 Å². The molecule has 2 aromatic carbocycles. The molecule has 0 aliphatic rings. The fraction of sp³-hybridized carbons (Fsp3) is 0.0588. The van der Waals surface area contributed by atoms with Crippen LogP contribution in [0.5, 0.6) is 0 Å². The first-order chi connectivity index (χ1) is 14.8. The molecule has 0 atom stereocenters. The minimum Gasteiger partial charge on any atom is -0.392 e. The van der Waals surface area contributed by atoms with Crippen LogP contribution in [0, 0.1) is 10.1 Å². The van der Waals surface area contributed by atoms with Gasteiger partial charge in [0.15, 0.2) is 6.33 Å². The highest BCUT2D eigenvalue weighted by atomic mass is 32.2. The molecular formula is C17H14N7O6S+. The maximum absolute atomic E-state index is 11.8. The van der Waals surface area contributed by atoms with Crippen LogP contribution in [0.15, 0.2) is 59.9 Å². The van der Waals surface area contributed by atoms with Crippen molar-refractivity contribution in [2.45, 2.75) is 11.5 Å². The highest BCUT2D eigenvalue weighted by Crippen LogP contribution is 2.25. The summed E-state index contributed by atoms with van der Waals surface area (Å²) in [5.41, 5.74) is 0.246. The number of imidazole rings is 1. The van der Waals surface area contributed by atoms with Crippen LogP contribution in [0.3, 0.4) is 0 Å². The van der Waals surface area contributed by atoms with Gasteiger partial charge in [0.25, 0.3) is 27.4 Å². The molecule has 0 fully saturated rings. The van der Waals surface area contributed by atoms with E-state index in [1.54, 1.807) is 6.07 Å². The van der Waals surface area contributed by atoms with Crippen molar-refractivity contribution >= 4 is 15.8 Å². The minimum atomic E-state index is -4.57. The van der Waals surface area contributed by atoms with Gasteiger partial charge in [0.2, 0.25) is 0 Å². The number of nitrogens with one attached hydrogen (secondary N) is 1. The van der Waals surface area contributed by atoms with Crippen LogP contribution in [0.4, 0.5) is 5.69 Å². The number of non-ortho nitro benzene ring substituents is 1.